The second-order valence-corrected chi connectivity index (χ2v) is 6.03. The molecule has 0 bridgehead atoms. The molecule has 0 aliphatic carbocycles. The van der Waals surface area contributed by atoms with Gasteiger partial charge in [0.1, 0.15) is 0 Å². The predicted octanol–water partition coefficient (Wildman–Crippen LogP) is 1.38. The smallest absolute Gasteiger partial charge is 0.417 e. The van der Waals surface area contributed by atoms with Gasteiger partial charge in [0.05, 0.1) is 6.04 Å². The van der Waals surface area contributed by atoms with E-state index in [1.807, 2.05) is 18.2 Å². The van der Waals surface area contributed by atoms with Gasteiger partial charge in [0, 0.05) is 19.6 Å². The highest BCUT2D eigenvalue weighted by molar-refractivity contribution is 5.98. The van der Waals surface area contributed by atoms with E-state index in [2.05, 4.69) is 17.4 Å². The van der Waals surface area contributed by atoms with Crippen LogP contribution in [-0.2, 0) is 16.0 Å². The Morgan fingerprint density at radius 3 is 2.75 bits per heavy atom. The van der Waals surface area contributed by atoms with E-state index >= 15 is 0 Å². The number of likely N-dealkylation sites (tertiary alicyclic amines) is 1. The first-order chi connectivity index (χ1) is 11.6. The zero-order valence-corrected chi connectivity index (χ0v) is 13.4. The highest BCUT2D eigenvalue weighted by Crippen LogP contribution is 2.20. The molecule has 1 N–H and O–H groups in total. The van der Waals surface area contributed by atoms with E-state index in [1.54, 1.807) is 4.90 Å². The van der Waals surface area contributed by atoms with Crippen LogP contribution in [0, 0.1) is 0 Å². The maximum absolute atomic E-state index is 12.2. The first kappa shape index (κ1) is 16.3. The van der Waals surface area contributed by atoms with Gasteiger partial charge < -0.3 is 15.0 Å². The molecule has 2 aliphatic rings. The molecule has 1 aromatic carbocycles. The van der Waals surface area contributed by atoms with Crippen molar-refractivity contribution >= 4 is 18.0 Å². The molecule has 2 fully saturated rings. The Labute approximate surface area is 140 Å². The lowest BCUT2D eigenvalue weighted by Crippen LogP contribution is -2.44. The van der Waals surface area contributed by atoms with E-state index in [9.17, 15) is 14.4 Å². The second-order valence-electron chi connectivity index (χ2n) is 6.03. The van der Waals surface area contributed by atoms with Crippen LogP contribution in [0.25, 0.3) is 0 Å². The van der Waals surface area contributed by atoms with Crippen LogP contribution in [0.15, 0.2) is 30.3 Å². The summed E-state index contributed by atoms with van der Waals surface area (Å²) in [6, 6.07) is 9.70. The fraction of sp³-hybridized carbons (Fsp3) is 0.471. The summed E-state index contributed by atoms with van der Waals surface area (Å²) < 4.78 is 4.73. The van der Waals surface area contributed by atoms with Crippen molar-refractivity contribution in [3.8, 4) is 0 Å². The van der Waals surface area contributed by atoms with E-state index in [0.717, 1.165) is 17.7 Å². The van der Waals surface area contributed by atoms with E-state index < -0.39 is 6.09 Å². The zero-order valence-electron chi connectivity index (χ0n) is 13.4. The number of carbonyl (C=O) groups excluding carboxylic acids is 3. The van der Waals surface area contributed by atoms with Crippen LogP contribution in [0.2, 0.25) is 0 Å². The van der Waals surface area contributed by atoms with Gasteiger partial charge in [0.15, 0.2) is 6.61 Å². The number of ether oxygens (including phenoxy) is 1. The van der Waals surface area contributed by atoms with Crippen molar-refractivity contribution in [2.75, 3.05) is 26.2 Å². The highest BCUT2D eigenvalue weighted by atomic mass is 16.6. The summed E-state index contributed by atoms with van der Waals surface area (Å²) in [6.45, 7) is 1.30. The Morgan fingerprint density at radius 2 is 2.04 bits per heavy atom. The van der Waals surface area contributed by atoms with Crippen LogP contribution in [0.1, 0.15) is 18.4 Å². The van der Waals surface area contributed by atoms with Gasteiger partial charge in [-0.2, -0.15) is 0 Å². The number of hydrogen-bond donors (Lipinski definition) is 1. The van der Waals surface area contributed by atoms with Crippen LogP contribution < -0.4 is 5.32 Å². The highest BCUT2D eigenvalue weighted by Gasteiger charge is 2.41. The summed E-state index contributed by atoms with van der Waals surface area (Å²) in [7, 11) is 0. The van der Waals surface area contributed by atoms with Crippen molar-refractivity contribution in [3.05, 3.63) is 35.9 Å². The number of nitrogens with one attached hydrogen (secondary N) is 1. The molecule has 128 valence electrons. The maximum Gasteiger partial charge on any atom is 0.417 e. The molecule has 1 aromatic rings. The quantitative estimate of drug-likeness (QED) is 0.827. The molecule has 1 unspecified atom stereocenters. The molecule has 0 radical (unpaired) electrons. The molecule has 0 saturated carbocycles. The third-order valence-corrected chi connectivity index (χ3v) is 4.36. The molecule has 2 aliphatic heterocycles. The van der Waals surface area contributed by atoms with E-state index in [0.29, 0.717) is 26.1 Å². The first-order valence-corrected chi connectivity index (χ1v) is 8.20. The van der Waals surface area contributed by atoms with Crippen molar-refractivity contribution in [1.82, 2.24) is 15.1 Å². The summed E-state index contributed by atoms with van der Waals surface area (Å²) in [6.07, 6.45) is 1.77. The van der Waals surface area contributed by atoms with Crippen molar-refractivity contribution in [1.29, 1.82) is 0 Å². The monoisotopic (exact) mass is 331 g/mol. The third kappa shape index (κ3) is 3.67. The maximum atomic E-state index is 12.2. The zero-order chi connectivity index (χ0) is 16.9. The number of rotatable bonds is 5. The standard InChI is InChI=1S/C17H21N3O4/c21-15-12-24-17(23)20(15)14-8-10-19(11-14)16(22)18-9-4-7-13-5-2-1-3-6-13/h1-3,5-6,14H,4,7-12H2,(H,18,22). The topological polar surface area (TPSA) is 79.0 Å². The van der Waals surface area contributed by atoms with Gasteiger partial charge in [-0.15, -0.1) is 0 Å². The summed E-state index contributed by atoms with van der Waals surface area (Å²) in [5.74, 6) is -0.324. The number of aryl methyl sites for hydroxylation is 1. The molecule has 2 heterocycles. The Kier molecular flexibility index (Phi) is 4.98. The fourth-order valence-electron chi connectivity index (χ4n) is 3.10. The van der Waals surface area contributed by atoms with Gasteiger partial charge in [-0.25, -0.2) is 14.5 Å². The summed E-state index contributed by atoms with van der Waals surface area (Å²) in [5, 5.41) is 2.90. The van der Waals surface area contributed by atoms with Gasteiger partial charge in [-0.1, -0.05) is 30.3 Å². The van der Waals surface area contributed by atoms with Crippen molar-refractivity contribution < 1.29 is 19.1 Å². The minimum Gasteiger partial charge on any atom is -0.439 e. The minimum absolute atomic E-state index is 0.148. The van der Waals surface area contributed by atoms with Crippen LogP contribution in [0.3, 0.4) is 0 Å². The second kappa shape index (κ2) is 7.33. The molecule has 7 nitrogen and oxygen atoms in total. The minimum atomic E-state index is -0.602. The normalized spacial score (nSPS) is 20.4. The van der Waals surface area contributed by atoms with E-state index in [-0.39, 0.29) is 24.6 Å². The Balaban J connectivity index is 1.40. The Bertz CT molecular complexity index is 604. The molecule has 4 amide bonds. The lowest BCUT2D eigenvalue weighted by atomic mass is 10.1. The first-order valence-electron chi connectivity index (χ1n) is 8.20. The summed E-state index contributed by atoms with van der Waals surface area (Å²) in [4.78, 5) is 38.2. The number of amides is 4. The molecular formula is C17H21N3O4. The van der Waals surface area contributed by atoms with E-state index in [4.69, 9.17) is 4.74 Å². The molecule has 0 aromatic heterocycles. The van der Waals surface area contributed by atoms with Crippen LogP contribution in [0.5, 0.6) is 0 Å². The van der Waals surface area contributed by atoms with Gasteiger partial charge in [0.2, 0.25) is 0 Å². The van der Waals surface area contributed by atoms with Gasteiger partial charge in [-0.05, 0) is 24.8 Å². The lowest BCUT2D eigenvalue weighted by Gasteiger charge is -2.20. The summed E-state index contributed by atoms with van der Waals surface area (Å²) >= 11 is 0. The number of hydrogen-bond acceptors (Lipinski definition) is 4. The number of urea groups is 1. The Morgan fingerprint density at radius 1 is 1.25 bits per heavy atom. The molecular weight excluding hydrogens is 310 g/mol. The third-order valence-electron chi connectivity index (χ3n) is 4.36. The number of cyclic esters (lactones) is 1. The largest absolute Gasteiger partial charge is 0.439 e. The van der Waals surface area contributed by atoms with Gasteiger partial charge in [0.25, 0.3) is 5.91 Å². The number of nitrogens with zero attached hydrogens (tertiary/aromatic N) is 2. The predicted molar refractivity (Wildman–Crippen MR) is 86.3 cm³/mol. The van der Waals surface area contributed by atoms with Gasteiger partial charge >= 0.3 is 12.1 Å². The van der Waals surface area contributed by atoms with Crippen LogP contribution in [-0.4, -0.2) is 60.1 Å². The number of imide groups is 1. The molecule has 1 atom stereocenters. The molecule has 0 spiro atoms. The van der Waals surface area contributed by atoms with Crippen molar-refractivity contribution in [2.45, 2.75) is 25.3 Å². The Hall–Kier alpha value is -2.57. The van der Waals surface area contributed by atoms with Crippen molar-refractivity contribution in [2.24, 2.45) is 0 Å². The average Bonchev–Trinajstić information content (AvgIpc) is 3.19. The van der Waals surface area contributed by atoms with Gasteiger partial charge in [-0.3, -0.25) is 4.79 Å². The number of benzene rings is 1. The lowest BCUT2D eigenvalue weighted by molar-refractivity contribution is -0.127. The van der Waals surface area contributed by atoms with Crippen LogP contribution >= 0.6 is 0 Å². The number of carbonyl (C=O) groups is 3. The van der Waals surface area contributed by atoms with E-state index in [1.165, 1.54) is 5.56 Å². The average molecular weight is 331 g/mol. The molecule has 24 heavy (non-hydrogen) atoms. The summed E-state index contributed by atoms with van der Waals surface area (Å²) in [5.41, 5.74) is 1.25. The van der Waals surface area contributed by atoms with Crippen LogP contribution in [0.4, 0.5) is 9.59 Å². The molecule has 2 saturated heterocycles. The molecule has 7 heteroatoms. The fourth-order valence-corrected chi connectivity index (χ4v) is 3.10. The SMILES string of the molecule is O=C(NCCCc1ccccc1)N1CCC(N2C(=O)COC2=O)C1. The van der Waals surface area contributed by atoms with Crippen molar-refractivity contribution in [3.63, 3.8) is 0 Å². The molecule has 3 rings (SSSR count).